The third-order valence-corrected chi connectivity index (χ3v) is 6.83. The van der Waals surface area contributed by atoms with Crippen LogP contribution in [0.15, 0.2) is 76.5 Å². The zero-order chi connectivity index (χ0) is 20.4. The summed E-state index contributed by atoms with van der Waals surface area (Å²) in [5, 5.41) is 1.59. The molecule has 0 saturated carbocycles. The monoisotopic (exact) mass is 522 g/mol. The minimum absolute atomic E-state index is 0. The van der Waals surface area contributed by atoms with Crippen molar-refractivity contribution in [3.63, 3.8) is 0 Å². The van der Waals surface area contributed by atoms with Gasteiger partial charge < -0.3 is 26.4 Å². The first-order chi connectivity index (χ1) is 13.9. The molecule has 6 heteroatoms. The van der Waals surface area contributed by atoms with Crippen LogP contribution in [0.2, 0.25) is 10.0 Å². The molecule has 158 valence electrons. The number of quaternary nitrogens is 1. The van der Waals surface area contributed by atoms with E-state index in [2.05, 4.69) is 67.5 Å². The van der Waals surface area contributed by atoms with E-state index < -0.39 is 0 Å². The zero-order valence-electron chi connectivity index (χ0n) is 17.1. The summed E-state index contributed by atoms with van der Waals surface area (Å²) in [7, 11) is 4.57. The molecule has 1 aliphatic heterocycles. The number of benzene rings is 3. The van der Waals surface area contributed by atoms with E-state index in [0.29, 0.717) is 0 Å². The number of rotatable bonds is 6. The minimum Gasteiger partial charge on any atom is -1.00 e. The highest BCUT2D eigenvalue weighted by Gasteiger charge is 2.24. The van der Waals surface area contributed by atoms with Crippen molar-refractivity contribution in [3.05, 3.63) is 82.3 Å². The summed E-state index contributed by atoms with van der Waals surface area (Å²) < 4.78 is 0.924. The van der Waals surface area contributed by atoms with Gasteiger partial charge in [0.25, 0.3) is 0 Å². The summed E-state index contributed by atoms with van der Waals surface area (Å²) in [5.74, 6) is 0. The zero-order valence-corrected chi connectivity index (χ0v) is 21.0. The van der Waals surface area contributed by atoms with Gasteiger partial charge in [0.2, 0.25) is 0 Å². The van der Waals surface area contributed by atoms with Gasteiger partial charge >= 0.3 is 0 Å². The number of halogens is 3. The molecule has 30 heavy (non-hydrogen) atoms. The van der Waals surface area contributed by atoms with E-state index in [1.54, 1.807) is 0 Å². The summed E-state index contributed by atoms with van der Waals surface area (Å²) in [6, 6.07) is 23.0. The van der Waals surface area contributed by atoms with Crippen molar-refractivity contribution < 1.29 is 21.5 Å². The van der Waals surface area contributed by atoms with Gasteiger partial charge in [-0.1, -0.05) is 59.2 Å². The Kier molecular flexibility index (Phi) is 7.81. The van der Waals surface area contributed by atoms with Crippen molar-refractivity contribution in [3.8, 4) is 0 Å². The molecule has 1 heterocycles. The molecule has 0 N–H and O–H groups in total. The van der Waals surface area contributed by atoms with E-state index >= 15 is 0 Å². The first-order valence-electron chi connectivity index (χ1n) is 9.82. The van der Waals surface area contributed by atoms with Crippen LogP contribution in [-0.4, -0.2) is 31.7 Å². The molecule has 0 radical (unpaired) electrons. The molecule has 3 aromatic rings. The third kappa shape index (κ3) is 5.54. The fourth-order valence-electron chi connectivity index (χ4n) is 3.91. The van der Waals surface area contributed by atoms with Crippen molar-refractivity contribution in [2.24, 2.45) is 0 Å². The molecule has 1 aliphatic rings. The van der Waals surface area contributed by atoms with E-state index in [1.807, 2.05) is 30.0 Å². The van der Waals surface area contributed by atoms with Crippen LogP contribution >= 0.6 is 35.0 Å². The number of hydrogen-bond acceptors (Lipinski definition) is 2. The lowest BCUT2D eigenvalue weighted by atomic mass is 10.1. The summed E-state index contributed by atoms with van der Waals surface area (Å²) in [4.78, 5) is 4.99. The lowest BCUT2D eigenvalue weighted by Gasteiger charge is -2.35. The molecule has 0 bridgehead atoms. The highest BCUT2D eigenvalue weighted by atomic mass is 79.9. The number of hydrogen-bond donors (Lipinski definition) is 0. The Hall–Kier alpha value is -1.17. The molecule has 0 spiro atoms. The van der Waals surface area contributed by atoms with E-state index in [-0.39, 0.29) is 17.0 Å². The summed E-state index contributed by atoms with van der Waals surface area (Å²) in [5.41, 5.74) is 3.76. The standard InChI is InChI=1S/C24H25Cl2N2S.BrH/c1-28(2,17-18-7-5-8-19(25)15-18)14-6-13-27-21-9-3-4-10-23(21)29-24-12-11-20(26)16-22(24)27;/h3-5,7-12,15-16H,6,13-14,17H2,1-2H3;1H/q+1;/p-1. The Labute approximate surface area is 204 Å². The summed E-state index contributed by atoms with van der Waals surface area (Å²) in [6.45, 7) is 3.01. The van der Waals surface area contributed by atoms with Crippen LogP contribution in [0.5, 0.6) is 0 Å². The average molecular weight is 524 g/mol. The predicted octanol–water partition coefficient (Wildman–Crippen LogP) is 4.27. The Morgan fingerprint density at radius 3 is 2.37 bits per heavy atom. The Morgan fingerprint density at radius 1 is 0.833 bits per heavy atom. The fraction of sp³-hybridized carbons (Fsp3) is 0.250. The number of nitrogens with zero attached hydrogens (tertiary/aromatic N) is 2. The molecule has 0 fully saturated rings. The van der Waals surface area contributed by atoms with Crippen LogP contribution in [0.1, 0.15) is 12.0 Å². The highest BCUT2D eigenvalue weighted by Crippen LogP contribution is 2.48. The first-order valence-corrected chi connectivity index (χ1v) is 11.4. The van der Waals surface area contributed by atoms with Crippen molar-refractivity contribution in [1.29, 1.82) is 0 Å². The van der Waals surface area contributed by atoms with E-state index in [9.17, 15) is 0 Å². The van der Waals surface area contributed by atoms with Crippen LogP contribution < -0.4 is 21.9 Å². The van der Waals surface area contributed by atoms with Gasteiger partial charge in [-0.25, -0.2) is 0 Å². The lowest BCUT2D eigenvalue weighted by molar-refractivity contribution is -0.903. The molecule has 4 rings (SSSR count). The molecule has 0 saturated heterocycles. The largest absolute Gasteiger partial charge is 1.00 e. The van der Waals surface area contributed by atoms with Gasteiger partial charge in [0, 0.05) is 38.4 Å². The second-order valence-corrected chi connectivity index (χ2v) is 10.1. The average Bonchev–Trinajstić information content (AvgIpc) is 2.67. The van der Waals surface area contributed by atoms with Crippen molar-refractivity contribution in [2.75, 3.05) is 32.1 Å². The summed E-state index contributed by atoms with van der Waals surface area (Å²) >= 11 is 14.3. The number of para-hydroxylation sites is 1. The number of anilines is 2. The van der Waals surface area contributed by atoms with Crippen LogP contribution in [0.25, 0.3) is 0 Å². The molecule has 0 unspecified atom stereocenters. The second kappa shape index (κ2) is 9.97. The molecule has 0 amide bonds. The third-order valence-electron chi connectivity index (χ3n) is 5.23. The lowest BCUT2D eigenvalue weighted by Crippen LogP contribution is -3.00. The number of fused-ring (bicyclic) bond motifs is 2. The van der Waals surface area contributed by atoms with Crippen LogP contribution in [-0.2, 0) is 6.54 Å². The maximum absolute atomic E-state index is 6.33. The van der Waals surface area contributed by atoms with Gasteiger partial charge in [0.15, 0.2) is 0 Å². The maximum atomic E-state index is 6.33. The van der Waals surface area contributed by atoms with Gasteiger partial charge in [-0.2, -0.15) is 0 Å². The minimum atomic E-state index is 0. The maximum Gasteiger partial charge on any atom is 0.104 e. The van der Waals surface area contributed by atoms with Gasteiger partial charge in [0.05, 0.1) is 32.0 Å². The Balaban J connectivity index is 0.00000256. The van der Waals surface area contributed by atoms with Gasteiger partial charge in [0.1, 0.15) is 6.54 Å². The van der Waals surface area contributed by atoms with Crippen molar-refractivity contribution in [1.82, 2.24) is 0 Å². The molecule has 0 aromatic heterocycles. The van der Waals surface area contributed by atoms with Crippen LogP contribution in [0.3, 0.4) is 0 Å². The van der Waals surface area contributed by atoms with Crippen molar-refractivity contribution >= 4 is 46.3 Å². The van der Waals surface area contributed by atoms with Crippen LogP contribution in [0, 0.1) is 0 Å². The second-order valence-electron chi connectivity index (χ2n) is 8.13. The fourth-order valence-corrected chi connectivity index (χ4v) is 5.36. The Morgan fingerprint density at radius 2 is 1.57 bits per heavy atom. The highest BCUT2D eigenvalue weighted by molar-refractivity contribution is 7.99. The Bertz CT molecular complexity index is 1030. The smallest absolute Gasteiger partial charge is 0.104 e. The van der Waals surface area contributed by atoms with E-state index in [4.69, 9.17) is 23.2 Å². The van der Waals surface area contributed by atoms with Gasteiger partial charge in [-0.15, -0.1) is 0 Å². The molecule has 0 aliphatic carbocycles. The first kappa shape index (κ1) is 23.5. The van der Waals surface area contributed by atoms with Gasteiger partial charge in [-0.05, 0) is 42.5 Å². The summed E-state index contributed by atoms with van der Waals surface area (Å²) in [6.07, 6.45) is 1.08. The normalized spacial score (nSPS) is 12.7. The molecular weight excluding hydrogens is 499 g/mol. The molecule has 3 aromatic carbocycles. The van der Waals surface area contributed by atoms with E-state index in [0.717, 1.165) is 40.6 Å². The molecule has 0 atom stereocenters. The molecular formula is C24H25BrCl2N2S. The van der Waals surface area contributed by atoms with E-state index in [1.165, 1.54) is 26.7 Å². The van der Waals surface area contributed by atoms with Crippen LogP contribution in [0.4, 0.5) is 11.4 Å². The van der Waals surface area contributed by atoms with Crippen molar-refractivity contribution in [2.45, 2.75) is 22.8 Å². The SMILES string of the molecule is C[N+](C)(CCCN1c2ccccc2Sc2ccc(Cl)cc21)Cc1cccc(Cl)c1.[Br-]. The quantitative estimate of drug-likeness (QED) is 0.444. The molecule has 2 nitrogen and oxygen atoms in total. The predicted molar refractivity (Wildman–Crippen MR) is 126 cm³/mol. The van der Waals surface area contributed by atoms with Gasteiger partial charge in [-0.3, -0.25) is 0 Å². The topological polar surface area (TPSA) is 3.24 Å².